The summed E-state index contributed by atoms with van der Waals surface area (Å²) < 4.78 is 0. The summed E-state index contributed by atoms with van der Waals surface area (Å²) in [5.74, 6) is 0.680. The number of hydrogen-bond donors (Lipinski definition) is 1. The Morgan fingerprint density at radius 2 is 1.80 bits per heavy atom. The van der Waals surface area contributed by atoms with Crippen LogP contribution in [0.1, 0.15) is 45.7 Å². The first-order valence-electron chi connectivity index (χ1n) is 5.81. The molecule has 0 aromatic carbocycles. The molecule has 1 N–H and O–H groups in total. The SMILES string of the molecule is CC[C@H](N[C@H](C)c1ccncc1)C(C)C. The molecule has 1 aromatic rings. The quantitative estimate of drug-likeness (QED) is 0.800. The second-order valence-corrected chi connectivity index (χ2v) is 4.43. The first kappa shape index (κ1) is 12.2. The van der Waals surface area contributed by atoms with Crippen molar-refractivity contribution in [3.05, 3.63) is 30.1 Å². The van der Waals surface area contributed by atoms with Crippen LogP contribution in [0.2, 0.25) is 0 Å². The molecule has 2 heteroatoms. The largest absolute Gasteiger partial charge is 0.307 e. The zero-order valence-electron chi connectivity index (χ0n) is 10.2. The van der Waals surface area contributed by atoms with Gasteiger partial charge in [0, 0.05) is 24.5 Å². The number of pyridine rings is 1. The Labute approximate surface area is 93.1 Å². The van der Waals surface area contributed by atoms with Crippen LogP contribution in [0.4, 0.5) is 0 Å². The third-order valence-electron chi connectivity index (χ3n) is 2.91. The fourth-order valence-corrected chi connectivity index (χ4v) is 1.85. The summed E-state index contributed by atoms with van der Waals surface area (Å²) in [5.41, 5.74) is 1.31. The van der Waals surface area contributed by atoms with Crippen molar-refractivity contribution in [3.8, 4) is 0 Å². The Balaban J connectivity index is 2.58. The van der Waals surface area contributed by atoms with Gasteiger partial charge >= 0.3 is 0 Å². The fraction of sp³-hybridized carbons (Fsp3) is 0.615. The van der Waals surface area contributed by atoms with E-state index in [4.69, 9.17) is 0 Å². The molecule has 2 nitrogen and oxygen atoms in total. The maximum absolute atomic E-state index is 4.03. The van der Waals surface area contributed by atoms with Crippen LogP contribution in [0.25, 0.3) is 0 Å². The van der Waals surface area contributed by atoms with Gasteiger partial charge in [-0.2, -0.15) is 0 Å². The van der Waals surface area contributed by atoms with Gasteiger partial charge in [-0.1, -0.05) is 20.8 Å². The molecule has 0 aliphatic heterocycles. The van der Waals surface area contributed by atoms with Gasteiger partial charge in [-0.05, 0) is 37.0 Å². The third kappa shape index (κ3) is 3.63. The first-order valence-corrected chi connectivity index (χ1v) is 5.81. The monoisotopic (exact) mass is 206 g/mol. The molecule has 15 heavy (non-hydrogen) atoms. The average Bonchev–Trinajstić information content (AvgIpc) is 2.26. The van der Waals surface area contributed by atoms with Crippen molar-refractivity contribution in [2.75, 3.05) is 0 Å². The lowest BCUT2D eigenvalue weighted by Gasteiger charge is -2.25. The zero-order chi connectivity index (χ0) is 11.3. The Hall–Kier alpha value is -0.890. The van der Waals surface area contributed by atoms with E-state index in [-0.39, 0.29) is 0 Å². The number of nitrogens with one attached hydrogen (secondary N) is 1. The maximum Gasteiger partial charge on any atom is 0.0295 e. The summed E-state index contributed by atoms with van der Waals surface area (Å²) in [5, 5.41) is 3.65. The van der Waals surface area contributed by atoms with Crippen LogP contribution in [0.5, 0.6) is 0 Å². The van der Waals surface area contributed by atoms with E-state index in [2.05, 4.69) is 50.1 Å². The second-order valence-electron chi connectivity index (χ2n) is 4.43. The molecule has 84 valence electrons. The standard InChI is InChI=1S/C13H22N2/c1-5-13(10(2)3)15-11(4)12-6-8-14-9-7-12/h6-11,13,15H,5H2,1-4H3/t11-,13+/m1/s1. The summed E-state index contributed by atoms with van der Waals surface area (Å²) in [6.45, 7) is 8.97. The molecule has 0 fully saturated rings. The van der Waals surface area contributed by atoms with E-state index in [1.54, 1.807) is 0 Å². The summed E-state index contributed by atoms with van der Waals surface area (Å²) in [6, 6.07) is 5.14. The lowest BCUT2D eigenvalue weighted by molar-refractivity contribution is 0.356. The Bertz CT molecular complexity index is 269. The van der Waals surface area contributed by atoms with E-state index < -0.39 is 0 Å². The highest BCUT2D eigenvalue weighted by Crippen LogP contribution is 2.15. The Kier molecular flexibility index (Phi) is 4.76. The highest BCUT2D eigenvalue weighted by atomic mass is 14.9. The fourth-order valence-electron chi connectivity index (χ4n) is 1.85. The van der Waals surface area contributed by atoms with Crippen molar-refractivity contribution in [1.29, 1.82) is 0 Å². The molecule has 0 bridgehead atoms. The number of hydrogen-bond acceptors (Lipinski definition) is 2. The molecule has 1 heterocycles. The maximum atomic E-state index is 4.03. The van der Waals surface area contributed by atoms with Gasteiger partial charge in [0.1, 0.15) is 0 Å². The first-order chi connectivity index (χ1) is 7.15. The minimum atomic E-state index is 0.403. The summed E-state index contributed by atoms with van der Waals surface area (Å²) in [6.07, 6.45) is 4.88. The van der Waals surface area contributed by atoms with Gasteiger partial charge in [0.05, 0.1) is 0 Å². The van der Waals surface area contributed by atoms with Crippen molar-refractivity contribution in [1.82, 2.24) is 10.3 Å². The molecule has 2 atom stereocenters. The molecule has 1 aromatic heterocycles. The molecule has 0 saturated heterocycles. The lowest BCUT2D eigenvalue weighted by Crippen LogP contribution is -2.35. The summed E-state index contributed by atoms with van der Waals surface area (Å²) >= 11 is 0. The highest BCUT2D eigenvalue weighted by molar-refractivity contribution is 5.14. The predicted molar refractivity (Wildman–Crippen MR) is 64.7 cm³/mol. The minimum absolute atomic E-state index is 0.403. The van der Waals surface area contributed by atoms with Gasteiger partial charge in [0.25, 0.3) is 0 Å². The molecule has 0 unspecified atom stereocenters. The normalized spacial score (nSPS) is 15.3. The Morgan fingerprint density at radius 1 is 1.20 bits per heavy atom. The van der Waals surface area contributed by atoms with Gasteiger partial charge < -0.3 is 5.32 Å². The number of nitrogens with zero attached hydrogens (tertiary/aromatic N) is 1. The van der Waals surface area contributed by atoms with E-state index in [1.165, 1.54) is 12.0 Å². The molecule has 0 aliphatic rings. The van der Waals surface area contributed by atoms with E-state index in [9.17, 15) is 0 Å². The van der Waals surface area contributed by atoms with Crippen molar-refractivity contribution in [3.63, 3.8) is 0 Å². The van der Waals surface area contributed by atoms with E-state index in [0.29, 0.717) is 18.0 Å². The van der Waals surface area contributed by atoms with Crippen LogP contribution in [-0.2, 0) is 0 Å². The van der Waals surface area contributed by atoms with Gasteiger partial charge in [-0.15, -0.1) is 0 Å². The van der Waals surface area contributed by atoms with Gasteiger partial charge in [0.15, 0.2) is 0 Å². The predicted octanol–water partition coefficient (Wildman–Crippen LogP) is 3.17. The smallest absolute Gasteiger partial charge is 0.0295 e. The zero-order valence-corrected chi connectivity index (χ0v) is 10.2. The highest BCUT2D eigenvalue weighted by Gasteiger charge is 2.14. The van der Waals surface area contributed by atoms with Gasteiger partial charge in [-0.3, -0.25) is 4.98 Å². The second kappa shape index (κ2) is 5.86. The van der Waals surface area contributed by atoms with Crippen LogP contribution >= 0.6 is 0 Å². The minimum Gasteiger partial charge on any atom is -0.307 e. The number of aromatic nitrogens is 1. The molecule has 0 aliphatic carbocycles. The van der Waals surface area contributed by atoms with Crippen LogP contribution in [0, 0.1) is 5.92 Å². The van der Waals surface area contributed by atoms with Crippen LogP contribution in [0.15, 0.2) is 24.5 Å². The van der Waals surface area contributed by atoms with Crippen molar-refractivity contribution < 1.29 is 0 Å². The Morgan fingerprint density at radius 3 is 2.27 bits per heavy atom. The molecule has 0 saturated carbocycles. The number of rotatable bonds is 5. The molecular formula is C13H22N2. The van der Waals surface area contributed by atoms with Crippen LogP contribution in [0.3, 0.4) is 0 Å². The lowest BCUT2D eigenvalue weighted by atomic mass is 9.99. The molecule has 0 amide bonds. The van der Waals surface area contributed by atoms with Crippen LogP contribution < -0.4 is 5.32 Å². The van der Waals surface area contributed by atoms with E-state index in [0.717, 1.165) is 0 Å². The van der Waals surface area contributed by atoms with Gasteiger partial charge in [0.2, 0.25) is 0 Å². The molecule has 0 radical (unpaired) electrons. The summed E-state index contributed by atoms with van der Waals surface area (Å²) in [7, 11) is 0. The topological polar surface area (TPSA) is 24.9 Å². The van der Waals surface area contributed by atoms with Crippen molar-refractivity contribution >= 4 is 0 Å². The average molecular weight is 206 g/mol. The molecule has 1 rings (SSSR count). The van der Waals surface area contributed by atoms with Crippen LogP contribution in [-0.4, -0.2) is 11.0 Å². The third-order valence-corrected chi connectivity index (χ3v) is 2.91. The van der Waals surface area contributed by atoms with Crippen molar-refractivity contribution in [2.24, 2.45) is 5.92 Å². The van der Waals surface area contributed by atoms with E-state index in [1.807, 2.05) is 12.4 Å². The summed E-state index contributed by atoms with van der Waals surface area (Å²) in [4.78, 5) is 4.03. The molecular weight excluding hydrogens is 184 g/mol. The van der Waals surface area contributed by atoms with E-state index >= 15 is 0 Å². The molecule has 0 spiro atoms. The van der Waals surface area contributed by atoms with Crippen molar-refractivity contribution in [2.45, 2.75) is 46.2 Å². The van der Waals surface area contributed by atoms with Gasteiger partial charge in [-0.25, -0.2) is 0 Å².